The summed E-state index contributed by atoms with van der Waals surface area (Å²) in [6.45, 7) is 7.69. The van der Waals surface area contributed by atoms with Crippen LogP contribution in [-0.4, -0.2) is 53.0 Å². The van der Waals surface area contributed by atoms with Crippen LogP contribution in [-0.2, 0) is 14.3 Å². The van der Waals surface area contributed by atoms with Crippen molar-refractivity contribution in [3.8, 4) is 5.75 Å². The molecule has 0 spiro atoms. The lowest BCUT2D eigenvalue weighted by Gasteiger charge is -2.50. The standard InChI is InChI=1S/C30H43NO6/c1-17(28(33)35-5)27(18-9-10-18)19-11-12-23-24(32)16-25(36-26(23)15-19)20-13-21-7-6-8-22(14-20)31(21)29(34)37-30(2,3)4/h11-12,15,17-18,20-22,24-25,27,32H,6-10,13-14,16H2,1-5H3/t17-,20?,21?,22?,24?,25?,27-/m0/s1. The van der Waals surface area contributed by atoms with Crippen LogP contribution in [0, 0.1) is 17.8 Å². The number of aliphatic hydroxyl groups is 1. The van der Waals surface area contributed by atoms with Crippen LogP contribution in [0.5, 0.6) is 5.75 Å². The van der Waals surface area contributed by atoms with Gasteiger partial charge in [0.25, 0.3) is 0 Å². The van der Waals surface area contributed by atoms with Crippen LogP contribution in [0.2, 0.25) is 0 Å². The van der Waals surface area contributed by atoms with Crippen molar-refractivity contribution in [2.75, 3.05) is 7.11 Å². The molecule has 6 atom stereocenters. The quantitative estimate of drug-likeness (QED) is 0.505. The van der Waals surface area contributed by atoms with Crippen LogP contribution in [0.25, 0.3) is 0 Å². The molecule has 3 heterocycles. The molecule has 3 aliphatic heterocycles. The Morgan fingerprint density at radius 1 is 1.08 bits per heavy atom. The number of ether oxygens (including phenoxy) is 3. The first-order valence-corrected chi connectivity index (χ1v) is 14.1. The Kier molecular flexibility index (Phi) is 7.20. The minimum atomic E-state index is -0.580. The zero-order chi connectivity index (χ0) is 26.5. The van der Waals surface area contributed by atoms with Gasteiger partial charge < -0.3 is 24.2 Å². The minimum Gasteiger partial charge on any atom is -0.490 e. The van der Waals surface area contributed by atoms with E-state index in [1.54, 1.807) is 0 Å². The van der Waals surface area contributed by atoms with Crippen molar-refractivity contribution in [3.63, 3.8) is 0 Å². The molecular formula is C30H43NO6. The largest absolute Gasteiger partial charge is 0.490 e. The summed E-state index contributed by atoms with van der Waals surface area (Å²) in [5.41, 5.74) is 1.40. The Hall–Kier alpha value is -2.28. The highest BCUT2D eigenvalue weighted by atomic mass is 16.6. The normalized spacial score (nSPS) is 31.0. The molecule has 2 saturated heterocycles. The fraction of sp³-hybridized carbons (Fsp3) is 0.733. The van der Waals surface area contributed by atoms with Crippen molar-refractivity contribution in [2.45, 2.75) is 115 Å². The molecule has 1 aromatic rings. The molecule has 0 radical (unpaired) electrons. The molecule has 1 amide bonds. The molecule has 0 aromatic heterocycles. The topological polar surface area (TPSA) is 85.3 Å². The number of aliphatic hydroxyl groups excluding tert-OH is 1. The highest BCUT2D eigenvalue weighted by molar-refractivity contribution is 5.73. The number of carbonyl (C=O) groups is 2. The zero-order valence-electron chi connectivity index (χ0n) is 22.9. The number of hydrogen-bond acceptors (Lipinski definition) is 6. The Balaban J connectivity index is 1.33. The van der Waals surface area contributed by atoms with Crippen molar-refractivity contribution < 1.29 is 28.9 Å². The summed E-state index contributed by atoms with van der Waals surface area (Å²) in [5.74, 6) is 1.17. The summed E-state index contributed by atoms with van der Waals surface area (Å²) in [4.78, 5) is 27.4. The van der Waals surface area contributed by atoms with E-state index in [0.29, 0.717) is 12.3 Å². The van der Waals surface area contributed by atoms with Gasteiger partial charge in [-0.15, -0.1) is 0 Å². The predicted octanol–water partition coefficient (Wildman–Crippen LogP) is 5.74. The van der Waals surface area contributed by atoms with Crippen LogP contribution in [0.1, 0.15) is 102 Å². The van der Waals surface area contributed by atoms with Crippen LogP contribution in [0.15, 0.2) is 18.2 Å². The molecule has 1 N–H and O–H groups in total. The maximum absolute atomic E-state index is 13.0. The molecule has 1 aromatic carbocycles. The summed E-state index contributed by atoms with van der Waals surface area (Å²) in [5, 5.41) is 11.1. The second-order valence-corrected chi connectivity index (χ2v) is 12.7. The van der Waals surface area contributed by atoms with Crippen LogP contribution >= 0.6 is 0 Å². The molecule has 5 rings (SSSR count). The van der Waals surface area contributed by atoms with Crippen LogP contribution in [0.3, 0.4) is 0 Å². The molecule has 4 unspecified atom stereocenters. The van der Waals surface area contributed by atoms with Crippen molar-refractivity contribution in [2.24, 2.45) is 17.8 Å². The summed E-state index contributed by atoms with van der Waals surface area (Å²) >= 11 is 0. The molecule has 1 aliphatic carbocycles. The van der Waals surface area contributed by atoms with Gasteiger partial charge in [-0.25, -0.2) is 4.79 Å². The lowest BCUT2D eigenvalue weighted by molar-refractivity contribution is -0.145. The Bertz CT molecular complexity index is 1000. The average molecular weight is 514 g/mol. The van der Waals surface area contributed by atoms with Crippen LogP contribution in [0.4, 0.5) is 4.79 Å². The second kappa shape index (κ2) is 10.1. The summed E-state index contributed by atoms with van der Waals surface area (Å²) in [6, 6.07) is 6.40. The van der Waals surface area contributed by atoms with E-state index in [1.165, 1.54) is 7.11 Å². The number of amides is 1. The third-order valence-electron chi connectivity index (χ3n) is 8.90. The average Bonchev–Trinajstić information content (AvgIpc) is 3.66. The van der Waals surface area contributed by atoms with Gasteiger partial charge in [0.1, 0.15) is 17.5 Å². The monoisotopic (exact) mass is 513 g/mol. The van der Waals surface area contributed by atoms with Crippen LogP contribution < -0.4 is 4.74 Å². The molecule has 204 valence electrons. The number of hydrogen-bond donors (Lipinski definition) is 1. The fourth-order valence-corrected chi connectivity index (χ4v) is 7.08. The molecule has 4 aliphatic rings. The van der Waals surface area contributed by atoms with E-state index >= 15 is 0 Å². The number of esters is 1. The van der Waals surface area contributed by atoms with Gasteiger partial charge in [0.05, 0.1) is 19.1 Å². The first-order valence-electron chi connectivity index (χ1n) is 14.1. The number of piperidine rings is 2. The van der Waals surface area contributed by atoms with Gasteiger partial charge >= 0.3 is 12.1 Å². The summed E-state index contributed by atoms with van der Waals surface area (Å²) < 4.78 is 17.4. The number of fused-ring (bicyclic) bond motifs is 3. The Morgan fingerprint density at radius 3 is 2.35 bits per heavy atom. The number of carbonyl (C=O) groups excluding carboxylic acids is 2. The molecule has 7 nitrogen and oxygen atoms in total. The van der Waals surface area contributed by atoms with Crippen molar-refractivity contribution in [1.29, 1.82) is 0 Å². The van der Waals surface area contributed by atoms with Gasteiger partial charge in [-0.1, -0.05) is 19.1 Å². The third-order valence-corrected chi connectivity index (χ3v) is 8.90. The number of nitrogens with zero attached hydrogens (tertiary/aromatic N) is 1. The maximum Gasteiger partial charge on any atom is 0.410 e. The number of benzene rings is 1. The van der Waals surface area contributed by atoms with Gasteiger partial charge in [-0.3, -0.25) is 4.79 Å². The molecular weight excluding hydrogens is 470 g/mol. The van der Waals surface area contributed by atoms with E-state index in [4.69, 9.17) is 14.2 Å². The van der Waals surface area contributed by atoms with Crippen molar-refractivity contribution in [3.05, 3.63) is 29.3 Å². The SMILES string of the molecule is COC(=O)[C@@H](C)[C@H](c1ccc2c(c1)OC(C1CC3CCCC(C1)N3C(=O)OC(C)(C)C)CC2O)C1CC1. The molecule has 7 heteroatoms. The van der Waals surface area contributed by atoms with Gasteiger partial charge in [0.2, 0.25) is 0 Å². The second-order valence-electron chi connectivity index (χ2n) is 12.7. The van der Waals surface area contributed by atoms with E-state index in [2.05, 4.69) is 12.1 Å². The van der Waals surface area contributed by atoms with E-state index in [-0.39, 0.29) is 48.0 Å². The first-order chi connectivity index (χ1) is 17.6. The smallest absolute Gasteiger partial charge is 0.410 e. The van der Waals surface area contributed by atoms with E-state index < -0.39 is 11.7 Å². The van der Waals surface area contributed by atoms with Gasteiger partial charge in [0, 0.05) is 24.1 Å². The van der Waals surface area contributed by atoms with Crippen molar-refractivity contribution in [1.82, 2.24) is 4.90 Å². The zero-order valence-corrected chi connectivity index (χ0v) is 22.9. The molecule has 3 fully saturated rings. The van der Waals surface area contributed by atoms with Gasteiger partial charge in [-0.2, -0.15) is 0 Å². The minimum absolute atomic E-state index is 0.0929. The van der Waals surface area contributed by atoms with E-state index in [1.807, 2.05) is 38.7 Å². The summed E-state index contributed by atoms with van der Waals surface area (Å²) in [6.07, 6.45) is 6.75. The van der Waals surface area contributed by atoms with Crippen molar-refractivity contribution >= 4 is 12.1 Å². The third kappa shape index (κ3) is 5.47. The molecule has 1 saturated carbocycles. The first kappa shape index (κ1) is 26.3. The number of rotatable bonds is 5. The molecule has 2 bridgehead atoms. The summed E-state index contributed by atoms with van der Waals surface area (Å²) in [7, 11) is 1.45. The number of methoxy groups -OCH3 is 1. The molecule has 37 heavy (non-hydrogen) atoms. The fourth-order valence-electron chi connectivity index (χ4n) is 7.08. The highest BCUT2D eigenvalue weighted by Crippen LogP contribution is 2.50. The Labute approximate surface area is 220 Å². The predicted molar refractivity (Wildman–Crippen MR) is 139 cm³/mol. The highest BCUT2D eigenvalue weighted by Gasteiger charge is 2.46. The Morgan fingerprint density at radius 2 is 1.76 bits per heavy atom. The van der Waals surface area contributed by atoms with E-state index in [9.17, 15) is 14.7 Å². The van der Waals surface area contributed by atoms with Gasteiger partial charge in [0.15, 0.2) is 0 Å². The van der Waals surface area contributed by atoms with Gasteiger partial charge in [-0.05, 0) is 95.1 Å². The maximum atomic E-state index is 13.0. The lowest BCUT2D eigenvalue weighted by atomic mass is 9.74. The van der Waals surface area contributed by atoms with E-state index in [0.717, 1.165) is 61.8 Å². The lowest BCUT2D eigenvalue weighted by Crippen LogP contribution is -2.57.